The summed E-state index contributed by atoms with van der Waals surface area (Å²) >= 11 is 0. The van der Waals surface area contributed by atoms with E-state index in [0.717, 1.165) is 24.1 Å². The van der Waals surface area contributed by atoms with E-state index in [1.54, 1.807) is 40.6 Å². The van der Waals surface area contributed by atoms with Crippen LogP contribution in [-0.2, 0) is 6.42 Å². The maximum atomic E-state index is 11.2. The molecule has 2 unspecified atom stereocenters. The lowest BCUT2D eigenvalue weighted by Crippen LogP contribution is -2.33. The molecule has 0 saturated carbocycles. The second-order valence-electron chi connectivity index (χ2n) is 7.67. The van der Waals surface area contributed by atoms with Crippen molar-refractivity contribution in [2.75, 3.05) is 48.8 Å². The molecule has 1 N–H and O–H groups in total. The lowest BCUT2D eigenvalue weighted by molar-refractivity contribution is 0.107. The molecular formula is C23H29NO7. The first-order valence-electron chi connectivity index (χ1n) is 10.2. The zero-order chi connectivity index (χ0) is 22.1. The molecule has 0 saturated heterocycles. The lowest BCUT2D eigenvalue weighted by Gasteiger charge is -2.37. The Kier molecular flexibility index (Phi) is 6.02. The maximum Gasteiger partial charge on any atom is 0.231 e. The monoisotopic (exact) mass is 431 g/mol. The van der Waals surface area contributed by atoms with Crippen molar-refractivity contribution in [3.8, 4) is 34.5 Å². The molecule has 8 heteroatoms. The van der Waals surface area contributed by atoms with Crippen LogP contribution in [0.2, 0.25) is 0 Å². The van der Waals surface area contributed by atoms with Crippen LogP contribution in [0, 0.1) is 0 Å². The molecule has 0 aliphatic carbocycles. The number of likely N-dealkylation sites (N-methyl/N-ethyl adjacent to an activating group) is 1. The van der Waals surface area contributed by atoms with Gasteiger partial charge in [-0.15, -0.1) is 0 Å². The summed E-state index contributed by atoms with van der Waals surface area (Å²) in [6.45, 7) is 1.05. The van der Waals surface area contributed by atoms with Crippen molar-refractivity contribution in [2.24, 2.45) is 0 Å². The SMILES string of the molecule is COc1cc(C(O)CC2c3c(cc4c(c3OC)OCO4)CCN2C)cc(OC)c1OC. The molecule has 0 fully saturated rings. The Labute approximate surface area is 182 Å². The van der Waals surface area contributed by atoms with Crippen molar-refractivity contribution in [3.63, 3.8) is 0 Å². The molecule has 2 aliphatic rings. The Bertz CT molecular complexity index is 936. The van der Waals surface area contributed by atoms with Crippen molar-refractivity contribution in [1.82, 2.24) is 4.90 Å². The molecule has 0 spiro atoms. The molecule has 4 rings (SSSR count). The number of benzene rings is 2. The summed E-state index contributed by atoms with van der Waals surface area (Å²) in [7, 11) is 8.37. The molecule has 2 aromatic rings. The van der Waals surface area contributed by atoms with Gasteiger partial charge in [-0.3, -0.25) is 4.90 Å². The first kappa shape index (κ1) is 21.4. The number of aliphatic hydroxyl groups excluding tert-OH is 1. The predicted octanol–water partition coefficient (Wildman–Crippen LogP) is 3.10. The van der Waals surface area contributed by atoms with Crippen LogP contribution in [0.15, 0.2) is 18.2 Å². The Balaban J connectivity index is 1.71. The first-order valence-corrected chi connectivity index (χ1v) is 10.2. The van der Waals surface area contributed by atoms with Gasteiger partial charge >= 0.3 is 0 Å². The van der Waals surface area contributed by atoms with Crippen LogP contribution in [0.25, 0.3) is 0 Å². The molecule has 8 nitrogen and oxygen atoms in total. The molecule has 0 amide bonds. The second kappa shape index (κ2) is 8.72. The summed E-state index contributed by atoms with van der Waals surface area (Å²) in [6, 6.07) is 5.54. The van der Waals surface area contributed by atoms with Crippen molar-refractivity contribution in [2.45, 2.75) is 25.0 Å². The molecule has 0 radical (unpaired) electrons. The van der Waals surface area contributed by atoms with E-state index in [9.17, 15) is 5.11 Å². The highest BCUT2D eigenvalue weighted by Crippen LogP contribution is 2.51. The number of ether oxygens (including phenoxy) is 6. The number of hydrogen-bond donors (Lipinski definition) is 1. The average molecular weight is 431 g/mol. The minimum absolute atomic E-state index is 0.0673. The van der Waals surface area contributed by atoms with Crippen molar-refractivity contribution in [3.05, 3.63) is 34.9 Å². The zero-order valence-corrected chi connectivity index (χ0v) is 18.6. The van der Waals surface area contributed by atoms with Gasteiger partial charge in [0.1, 0.15) is 0 Å². The molecule has 2 atom stereocenters. The third-order valence-electron chi connectivity index (χ3n) is 6.07. The third kappa shape index (κ3) is 3.70. The van der Waals surface area contributed by atoms with E-state index >= 15 is 0 Å². The zero-order valence-electron chi connectivity index (χ0n) is 18.6. The highest BCUT2D eigenvalue weighted by atomic mass is 16.7. The smallest absolute Gasteiger partial charge is 0.231 e. The van der Waals surface area contributed by atoms with Crippen LogP contribution < -0.4 is 28.4 Å². The van der Waals surface area contributed by atoms with E-state index in [-0.39, 0.29) is 12.8 Å². The van der Waals surface area contributed by atoms with Crippen LogP contribution in [0.5, 0.6) is 34.5 Å². The minimum atomic E-state index is -0.762. The lowest BCUT2D eigenvalue weighted by atomic mass is 9.87. The quantitative estimate of drug-likeness (QED) is 0.717. The van der Waals surface area contributed by atoms with Crippen LogP contribution in [0.4, 0.5) is 0 Å². The Morgan fingerprint density at radius 2 is 1.68 bits per heavy atom. The highest BCUT2D eigenvalue weighted by Gasteiger charge is 2.35. The number of nitrogens with zero attached hydrogens (tertiary/aromatic N) is 1. The van der Waals surface area contributed by atoms with E-state index in [1.165, 1.54) is 0 Å². The van der Waals surface area contributed by atoms with Gasteiger partial charge in [-0.2, -0.15) is 0 Å². The van der Waals surface area contributed by atoms with Crippen LogP contribution >= 0.6 is 0 Å². The fourth-order valence-corrected chi connectivity index (χ4v) is 4.46. The van der Waals surface area contributed by atoms with Gasteiger partial charge in [-0.1, -0.05) is 0 Å². The minimum Gasteiger partial charge on any atom is -0.493 e. The molecule has 2 aliphatic heterocycles. The number of aliphatic hydroxyl groups is 1. The fourth-order valence-electron chi connectivity index (χ4n) is 4.46. The fraction of sp³-hybridized carbons (Fsp3) is 0.478. The maximum absolute atomic E-state index is 11.2. The van der Waals surface area contributed by atoms with E-state index in [1.807, 2.05) is 6.07 Å². The Morgan fingerprint density at radius 3 is 2.29 bits per heavy atom. The van der Waals surface area contributed by atoms with Gasteiger partial charge < -0.3 is 33.5 Å². The number of hydrogen-bond acceptors (Lipinski definition) is 8. The largest absolute Gasteiger partial charge is 0.493 e. The summed E-state index contributed by atoms with van der Waals surface area (Å²) in [4.78, 5) is 2.23. The van der Waals surface area contributed by atoms with Crippen LogP contribution in [-0.4, -0.2) is 58.8 Å². The van der Waals surface area contributed by atoms with Crippen LogP contribution in [0.3, 0.4) is 0 Å². The number of rotatable bonds is 7. The standard InChI is InChI=1S/C23H29NO7/c1-24-7-6-13-8-19-22(31-12-30-19)23(29-5)20(13)15(24)11-16(25)14-9-17(26-2)21(28-4)18(10-14)27-3/h8-10,15-16,25H,6-7,11-12H2,1-5H3. The van der Waals surface area contributed by atoms with Crippen molar-refractivity contribution >= 4 is 0 Å². The summed E-state index contributed by atoms with van der Waals surface area (Å²) in [5.41, 5.74) is 2.88. The number of methoxy groups -OCH3 is 4. The van der Waals surface area contributed by atoms with E-state index in [2.05, 4.69) is 11.9 Å². The predicted molar refractivity (Wildman–Crippen MR) is 114 cm³/mol. The van der Waals surface area contributed by atoms with Gasteiger partial charge in [0.05, 0.1) is 34.5 Å². The molecule has 2 aromatic carbocycles. The molecule has 0 aromatic heterocycles. The van der Waals surface area contributed by atoms with E-state index in [0.29, 0.717) is 46.5 Å². The topological polar surface area (TPSA) is 78.9 Å². The van der Waals surface area contributed by atoms with Gasteiger partial charge in [-0.25, -0.2) is 0 Å². The highest BCUT2D eigenvalue weighted by molar-refractivity contribution is 5.62. The van der Waals surface area contributed by atoms with Gasteiger partial charge in [0.15, 0.2) is 23.0 Å². The molecule has 0 bridgehead atoms. The number of fused-ring (bicyclic) bond motifs is 2. The summed E-state index contributed by atoms with van der Waals surface area (Å²) in [5.74, 6) is 3.53. The Morgan fingerprint density at radius 1 is 1.00 bits per heavy atom. The van der Waals surface area contributed by atoms with Gasteiger partial charge in [0, 0.05) is 18.2 Å². The normalized spacial score (nSPS) is 18.3. The van der Waals surface area contributed by atoms with Gasteiger partial charge in [0.2, 0.25) is 18.3 Å². The molecular weight excluding hydrogens is 402 g/mol. The molecule has 168 valence electrons. The first-order chi connectivity index (χ1) is 15.0. The van der Waals surface area contributed by atoms with Gasteiger partial charge in [-0.05, 0) is 49.2 Å². The summed E-state index contributed by atoms with van der Waals surface area (Å²) in [5, 5.41) is 11.2. The summed E-state index contributed by atoms with van der Waals surface area (Å²) < 4.78 is 33.3. The van der Waals surface area contributed by atoms with Crippen LogP contribution in [0.1, 0.15) is 35.3 Å². The van der Waals surface area contributed by atoms with Crippen molar-refractivity contribution in [1.29, 1.82) is 0 Å². The second-order valence-corrected chi connectivity index (χ2v) is 7.67. The summed E-state index contributed by atoms with van der Waals surface area (Å²) in [6.07, 6.45) is 0.565. The van der Waals surface area contributed by atoms with Crippen molar-refractivity contribution < 1.29 is 33.5 Å². The van der Waals surface area contributed by atoms with E-state index in [4.69, 9.17) is 28.4 Å². The molecule has 2 heterocycles. The molecule has 31 heavy (non-hydrogen) atoms. The van der Waals surface area contributed by atoms with E-state index < -0.39 is 6.10 Å². The third-order valence-corrected chi connectivity index (χ3v) is 6.07. The Hall–Kier alpha value is -2.84. The average Bonchev–Trinajstić information content (AvgIpc) is 3.26. The van der Waals surface area contributed by atoms with Gasteiger partial charge in [0.25, 0.3) is 0 Å².